The summed E-state index contributed by atoms with van der Waals surface area (Å²) in [5.74, 6) is 0.918. The lowest BCUT2D eigenvalue weighted by Gasteiger charge is -2.22. The van der Waals surface area contributed by atoms with Crippen LogP contribution in [0.4, 0.5) is 0 Å². The molecule has 0 amide bonds. The Kier molecular flexibility index (Phi) is 3.17. The monoisotopic (exact) mass is 256 g/mol. The summed E-state index contributed by atoms with van der Waals surface area (Å²) in [6.45, 7) is 1.72. The van der Waals surface area contributed by atoms with E-state index in [1.54, 1.807) is 6.07 Å². The molecule has 0 spiro atoms. The van der Waals surface area contributed by atoms with Gasteiger partial charge in [0, 0.05) is 18.2 Å². The van der Waals surface area contributed by atoms with Gasteiger partial charge in [-0.1, -0.05) is 30.3 Å². The molecule has 3 heteroatoms. The predicted octanol–water partition coefficient (Wildman–Crippen LogP) is 2.50. The molecule has 1 fully saturated rings. The van der Waals surface area contributed by atoms with Gasteiger partial charge in [0.2, 0.25) is 0 Å². The molecular formula is C16H20N2O. The van der Waals surface area contributed by atoms with Crippen LogP contribution in [0.2, 0.25) is 0 Å². The van der Waals surface area contributed by atoms with Crippen molar-refractivity contribution in [2.75, 3.05) is 20.1 Å². The molecular weight excluding hydrogens is 236 g/mol. The van der Waals surface area contributed by atoms with E-state index in [2.05, 4.69) is 24.1 Å². The van der Waals surface area contributed by atoms with Crippen molar-refractivity contribution in [2.24, 2.45) is 11.7 Å². The average Bonchev–Trinajstić information content (AvgIpc) is 2.80. The minimum absolute atomic E-state index is 0.264. The van der Waals surface area contributed by atoms with E-state index in [4.69, 9.17) is 5.73 Å². The number of aromatic hydroxyl groups is 1. The summed E-state index contributed by atoms with van der Waals surface area (Å²) in [6, 6.07) is 12.3. The number of hydrogen-bond acceptors (Lipinski definition) is 3. The fraction of sp³-hybridized carbons (Fsp3) is 0.375. The Morgan fingerprint density at radius 3 is 2.79 bits per heavy atom. The molecule has 0 aromatic heterocycles. The minimum atomic E-state index is 0.264. The average molecular weight is 256 g/mol. The zero-order valence-electron chi connectivity index (χ0n) is 11.2. The predicted molar refractivity (Wildman–Crippen MR) is 78.1 cm³/mol. The molecule has 2 aromatic rings. The van der Waals surface area contributed by atoms with Gasteiger partial charge in [0.25, 0.3) is 0 Å². The second-order valence-electron chi connectivity index (χ2n) is 5.51. The Morgan fingerprint density at radius 2 is 2.05 bits per heavy atom. The lowest BCUT2D eigenvalue weighted by molar-refractivity contribution is 0.307. The van der Waals surface area contributed by atoms with Crippen LogP contribution in [0, 0.1) is 5.92 Å². The number of nitrogens with two attached hydrogens (primary N) is 1. The van der Waals surface area contributed by atoms with Crippen molar-refractivity contribution in [3.8, 4) is 5.75 Å². The smallest absolute Gasteiger partial charge is 0.121 e. The molecule has 1 aliphatic heterocycles. The maximum absolute atomic E-state index is 10.3. The van der Waals surface area contributed by atoms with Gasteiger partial charge in [-0.3, -0.25) is 4.90 Å². The molecule has 1 aliphatic rings. The van der Waals surface area contributed by atoms with Gasteiger partial charge in [0.1, 0.15) is 5.75 Å². The molecule has 3 nitrogen and oxygen atoms in total. The number of benzene rings is 2. The van der Waals surface area contributed by atoms with Crippen LogP contribution < -0.4 is 5.73 Å². The van der Waals surface area contributed by atoms with Crippen molar-refractivity contribution in [1.29, 1.82) is 0 Å². The minimum Gasteiger partial charge on any atom is -0.508 e. The Hall–Kier alpha value is -1.58. The van der Waals surface area contributed by atoms with Gasteiger partial charge in [-0.25, -0.2) is 0 Å². The largest absolute Gasteiger partial charge is 0.508 e. The van der Waals surface area contributed by atoms with E-state index < -0.39 is 0 Å². The van der Waals surface area contributed by atoms with E-state index in [1.165, 1.54) is 5.39 Å². The van der Waals surface area contributed by atoms with Crippen molar-refractivity contribution in [3.05, 3.63) is 42.0 Å². The zero-order valence-corrected chi connectivity index (χ0v) is 11.2. The van der Waals surface area contributed by atoms with Gasteiger partial charge in [-0.2, -0.15) is 0 Å². The highest BCUT2D eigenvalue weighted by atomic mass is 16.3. The summed E-state index contributed by atoms with van der Waals surface area (Å²) in [6.07, 6.45) is 1.02. The van der Waals surface area contributed by atoms with Crippen molar-refractivity contribution in [3.63, 3.8) is 0 Å². The summed E-state index contributed by atoms with van der Waals surface area (Å²) >= 11 is 0. The lowest BCUT2D eigenvalue weighted by atomic mass is 9.94. The van der Waals surface area contributed by atoms with Crippen LogP contribution >= 0.6 is 0 Å². The number of rotatable bonds is 2. The van der Waals surface area contributed by atoms with Crippen molar-refractivity contribution in [2.45, 2.75) is 12.5 Å². The summed E-state index contributed by atoms with van der Waals surface area (Å²) in [7, 11) is 2.11. The number of likely N-dealkylation sites (tertiary alicyclic amines) is 1. The van der Waals surface area contributed by atoms with Crippen molar-refractivity contribution < 1.29 is 5.11 Å². The van der Waals surface area contributed by atoms with Crippen LogP contribution in [0.3, 0.4) is 0 Å². The molecule has 2 atom stereocenters. The standard InChI is InChI=1S/C16H20N2O/c1-18-10-11(9-17)8-14(18)16-13-5-3-2-4-12(13)6-7-15(16)19/h2-7,11,14,19H,8-10,17H2,1H3. The van der Waals surface area contributed by atoms with Crippen molar-refractivity contribution >= 4 is 10.8 Å². The SMILES string of the molecule is CN1CC(CN)CC1c1c(O)ccc2ccccc12. The van der Waals surface area contributed by atoms with Gasteiger partial charge in [-0.15, -0.1) is 0 Å². The molecule has 2 unspecified atom stereocenters. The fourth-order valence-corrected chi connectivity index (χ4v) is 3.25. The van der Waals surface area contributed by atoms with E-state index in [-0.39, 0.29) is 6.04 Å². The highest BCUT2D eigenvalue weighted by Crippen LogP contribution is 2.41. The van der Waals surface area contributed by atoms with Crippen LogP contribution in [0.15, 0.2) is 36.4 Å². The number of nitrogens with zero attached hydrogens (tertiary/aromatic N) is 1. The molecule has 0 bridgehead atoms. The van der Waals surface area contributed by atoms with Crippen molar-refractivity contribution in [1.82, 2.24) is 4.90 Å². The Labute approximate surface area is 113 Å². The second kappa shape index (κ2) is 4.83. The Balaban J connectivity index is 2.12. The van der Waals surface area contributed by atoms with Crippen LogP contribution in [0.5, 0.6) is 5.75 Å². The Morgan fingerprint density at radius 1 is 1.26 bits per heavy atom. The van der Waals surface area contributed by atoms with Gasteiger partial charge < -0.3 is 10.8 Å². The van der Waals surface area contributed by atoms with Gasteiger partial charge in [0.05, 0.1) is 0 Å². The summed E-state index contributed by atoms with van der Waals surface area (Å²) in [5, 5.41) is 12.6. The third-order valence-electron chi connectivity index (χ3n) is 4.25. The van der Waals surface area contributed by atoms with Crippen LogP contribution in [-0.2, 0) is 0 Å². The lowest BCUT2D eigenvalue weighted by Crippen LogP contribution is -2.20. The maximum Gasteiger partial charge on any atom is 0.121 e. The fourth-order valence-electron chi connectivity index (χ4n) is 3.25. The number of phenols is 1. The molecule has 0 saturated carbocycles. The molecule has 3 rings (SSSR count). The first-order chi connectivity index (χ1) is 9.20. The summed E-state index contributed by atoms with van der Waals surface area (Å²) < 4.78 is 0. The quantitative estimate of drug-likeness (QED) is 0.868. The Bertz CT molecular complexity index is 596. The third kappa shape index (κ3) is 2.09. The highest BCUT2D eigenvalue weighted by molar-refractivity contribution is 5.88. The topological polar surface area (TPSA) is 49.5 Å². The van der Waals surface area contributed by atoms with Gasteiger partial charge in [-0.05, 0) is 42.8 Å². The maximum atomic E-state index is 10.3. The molecule has 19 heavy (non-hydrogen) atoms. The van der Waals surface area contributed by atoms with E-state index in [0.717, 1.165) is 23.9 Å². The van der Waals surface area contributed by atoms with Crippen LogP contribution in [0.1, 0.15) is 18.0 Å². The molecule has 1 heterocycles. The number of phenolic OH excluding ortho intramolecular Hbond substituents is 1. The van der Waals surface area contributed by atoms with E-state index in [1.807, 2.05) is 18.2 Å². The van der Waals surface area contributed by atoms with E-state index in [0.29, 0.717) is 18.2 Å². The first-order valence-corrected chi connectivity index (χ1v) is 6.81. The number of fused-ring (bicyclic) bond motifs is 1. The van der Waals surface area contributed by atoms with E-state index >= 15 is 0 Å². The van der Waals surface area contributed by atoms with Gasteiger partial charge in [0.15, 0.2) is 0 Å². The normalized spacial score (nSPS) is 24.1. The molecule has 1 saturated heterocycles. The first kappa shape index (κ1) is 12.5. The van der Waals surface area contributed by atoms with Gasteiger partial charge >= 0.3 is 0 Å². The zero-order chi connectivity index (χ0) is 13.4. The number of hydrogen-bond donors (Lipinski definition) is 2. The highest BCUT2D eigenvalue weighted by Gasteiger charge is 2.32. The molecule has 0 aliphatic carbocycles. The summed E-state index contributed by atoms with van der Waals surface area (Å²) in [5.41, 5.74) is 6.85. The molecule has 2 aromatic carbocycles. The molecule has 0 radical (unpaired) electrons. The van der Waals surface area contributed by atoms with E-state index in [9.17, 15) is 5.11 Å². The molecule has 3 N–H and O–H groups in total. The molecule has 100 valence electrons. The first-order valence-electron chi connectivity index (χ1n) is 6.81. The van der Waals surface area contributed by atoms with Crippen LogP contribution in [-0.4, -0.2) is 30.1 Å². The van der Waals surface area contributed by atoms with Crippen LogP contribution in [0.25, 0.3) is 10.8 Å². The third-order valence-corrected chi connectivity index (χ3v) is 4.25. The second-order valence-corrected chi connectivity index (χ2v) is 5.51. The summed E-state index contributed by atoms with van der Waals surface area (Å²) in [4.78, 5) is 2.30.